The zero-order valence-electron chi connectivity index (χ0n) is 18.9. The molecule has 34 heavy (non-hydrogen) atoms. The Kier molecular flexibility index (Phi) is 6.07. The first-order valence-electron chi connectivity index (χ1n) is 11.4. The van der Waals surface area contributed by atoms with E-state index in [0.717, 1.165) is 59.5 Å². The van der Waals surface area contributed by atoms with Crippen LogP contribution in [0.15, 0.2) is 48.9 Å². The Morgan fingerprint density at radius 1 is 1.21 bits per heavy atom. The number of rotatable bonds is 8. The maximum atomic E-state index is 11.5. The normalized spacial score (nSPS) is 13.8. The Balaban J connectivity index is 1.30. The number of aryl methyl sites for hydroxylation is 2. The second-order valence-electron chi connectivity index (χ2n) is 8.41. The summed E-state index contributed by atoms with van der Waals surface area (Å²) in [4.78, 5) is 24.7. The number of pyridine rings is 1. The van der Waals surface area contributed by atoms with Gasteiger partial charge in [0.15, 0.2) is 0 Å². The molecule has 4 heterocycles. The number of aromatic nitrogens is 5. The van der Waals surface area contributed by atoms with E-state index in [2.05, 4.69) is 26.4 Å². The van der Waals surface area contributed by atoms with Crippen LogP contribution in [-0.2, 0) is 17.6 Å². The van der Waals surface area contributed by atoms with Crippen LogP contribution in [0.4, 0.5) is 5.69 Å². The number of hydrogen-bond donors (Lipinski definition) is 2. The Labute approximate surface area is 196 Å². The topological polar surface area (TPSA) is 115 Å². The van der Waals surface area contributed by atoms with E-state index >= 15 is 0 Å². The number of fused-ring (bicyclic) bond motifs is 2. The summed E-state index contributed by atoms with van der Waals surface area (Å²) in [5.74, 6) is 0.452. The smallest absolute Gasteiger partial charge is 0.305 e. The first-order chi connectivity index (χ1) is 16.6. The zero-order valence-corrected chi connectivity index (χ0v) is 18.9. The van der Waals surface area contributed by atoms with Gasteiger partial charge in [-0.15, -0.1) is 0 Å². The SMILES string of the molecule is Cc1ncc([C@H](CC(=O)O)n2ncc3cc(OCCc4ccc5c(n4)CCCN5)ccc32)cn1. The molecule has 4 aromatic rings. The van der Waals surface area contributed by atoms with Crippen molar-refractivity contribution < 1.29 is 14.6 Å². The number of anilines is 1. The molecule has 2 N–H and O–H groups in total. The highest BCUT2D eigenvalue weighted by Crippen LogP contribution is 2.28. The largest absolute Gasteiger partial charge is 0.493 e. The van der Waals surface area contributed by atoms with E-state index < -0.39 is 12.0 Å². The molecule has 0 aliphatic carbocycles. The first-order valence-corrected chi connectivity index (χ1v) is 11.4. The van der Waals surface area contributed by atoms with Crippen LogP contribution >= 0.6 is 0 Å². The van der Waals surface area contributed by atoms with Gasteiger partial charge in [0.25, 0.3) is 0 Å². The summed E-state index contributed by atoms with van der Waals surface area (Å²) >= 11 is 0. The van der Waals surface area contributed by atoms with Crippen LogP contribution in [0.5, 0.6) is 5.75 Å². The Bertz CT molecular complexity index is 1320. The minimum Gasteiger partial charge on any atom is -0.493 e. The summed E-state index contributed by atoms with van der Waals surface area (Å²) in [6, 6.07) is 9.35. The minimum atomic E-state index is -0.916. The van der Waals surface area contributed by atoms with E-state index in [1.807, 2.05) is 24.3 Å². The monoisotopic (exact) mass is 458 g/mol. The number of nitrogens with zero attached hydrogens (tertiary/aromatic N) is 5. The van der Waals surface area contributed by atoms with Crippen molar-refractivity contribution in [2.45, 2.75) is 38.6 Å². The van der Waals surface area contributed by atoms with Gasteiger partial charge < -0.3 is 15.2 Å². The quantitative estimate of drug-likeness (QED) is 0.412. The molecule has 174 valence electrons. The molecular weight excluding hydrogens is 432 g/mol. The van der Waals surface area contributed by atoms with Gasteiger partial charge in [0.1, 0.15) is 11.6 Å². The van der Waals surface area contributed by atoms with Crippen LogP contribution < -0.4 is 10.1 Å². The van der Waals surface area contributed by atoms with Crippen LogP contribution in [0, 0.1) is 6.92 Å². The fraction of sp³-hybridized carbons (Fsp3) is 0.320. The lowest BCUT2D eigenvalue weighted by Gasteiger charge is -2.17. The fourth-order valence-corrected chi connectivity index (χ4v) is 4.24. The number of benzene rings is 1. The Morgan fingerprint density at radius 3 is 2.88 bits per heavy atom. The molecule has 1 aromatic carbocycles. The summed E-state index contributed by atoms with van der Waals surface area (Å²) < 4.78 is 7.70. The number of nitrogens with one attached hydrogen (secondary N) is 1. The van der Waals surface area contributed by atoms with Crippen LogP contribution in [0.1, 0.15) is 41.7 Å². The zero-order chi connectivity index (χ0) is 23.5. The molecule has 0 bridgehead atoms. The number of carbonyl (C=O) groups is 1. The maximum Gasteiger partial charge on any atom is 0.305 e. The van der Waals surface area contributed by atoms with Crippen molar-refractivity contribution in [3.63, 3.8) is 0 Å². The lowest BCUT2D eigenvalue weighted by molar-refractivity contribution is -0.137. The third-order valence-electron chi connectivity index (χ3n) is 5.98. The summed E-state index contributed by atoms with van der Waals surface area (Å²) in [6.07, 6.45) is 7.76. The third kappa shape index (κ3) is 4.68. The lowest BCUT2D eigenvalue weighted by Crippen LogP contribution is -2.17. The van der Waals surface area contributed by atoms with Gasteiger partial charge in [-0.1, -0.05) is 0 Å². The van der Waals surface area contributed by atoms with Gasteiger partial charge in [-0.3, -0.25) is 14.5 Å². The van der Waals surface area contributed by atoms with Crippen LogP contribution in [0.25, 0.3) is 10.9 Å². The second-order valence-corrected chi connectivity index (χ2v) is 8.41. The molecular formula is C25H26N6O3. The van der Waals surface area contributed by atoms with E-state index in [1.165, 1.54) is 0 Å². The van der Waals surface area contributed by atoms with Crippen LogP contribution in [-0.4, -0.2) is 49.0 Å². The molecule has 0 fully saturated rings. The van der Waals surface area contributed by atoms with Crippen molar-refractivity contribution in [2.24, 2.45) is 0 Å². The summed E-state index contributed by atoms with van der Waals surface area (Å²) in [6.45, 7) is 3.31. The van der Waals surface area contributed by atoms with E-state index in [0.29, 0.717) is 18.0 Å². The van der Waals surface area contributed by atoms with E-state index in [1.54, 1.807) is 30.2 Å². The van der Waals surface area contributed by atoms with Gasteiger partial charge in [0.2, 0.25) is 0 Å². The van der Waals surface area contributed by atoms with Gasteiger partial charge in [-0.05, 0) is 50.1 Å². The average Bonchev–Trinajstić information content (AvgIpc) is 3.26. The fourth-order valence-electron chi connectivity index (χ4n) is 4.24. The highest BCUT2D eigenvalue weighted by molar-refractivity contribution is 5.81. The Morgan fingerprint density at radius 2 is 2.06 bits per heavy atom. The highest BCUT2D eigenvalue weighted by atomic mass is 16.5. The lowest BCUT2D eigenvalue weighted by atomic mass is 10.1. The predicted molar refractivity (Wildman–Crippen MR) is 127 cm³/mol. The third-order valence-corrected chi connectivity index (χ3v) is 5.98. The molecule has 1 atom stereocenters. The molecule has 9 nitrogen and oxygen atoms in total. The average molecular weight is 459 g/mol. The van der Waals surface area contributed by atoms with Gasteiger partial charge in [-0.25, -0.2) is 9.97 Å². The number of hydrogen-bond acceptors (Lipinski definition) is 7. The molecule has 0 radical (unpaired) electrons. The minimum absolute atomic E-state index is 0.120. The molecule has 0 saturated carbocycles. The summed E-state index contributed by atoms with van der Waals surface area (Å²) in [5, 5.41) is 18.2. The summed E-state index contributed by atoms with van der Waals surface area (Å²) in [5.41, 5.74) is 4.81. The van der Waals surface area contributed by atoms with E-state index in [4.69, 9.17) is 9.72 Å². The van der Waals surface area contributed by atoms with Crippen molar-refractivity contribution in [1.82, 2.24) is 24.7 Å². The molecule has 9 heteroatoms. The molecule has 0 unspecified atom stereocenters. The number of ether oxygens (including phenoxy) is 1. The van der Waals surface area contributed by atoms with Crippen LogP contribution in [0.2, 0.25) is 0 Å². The standard InChI is InChI=1S/C25H26N6O3/c1-16-27-13-18(14-28-16)24(12-25(32)33)31-23-7-5-20(11-17(23)15-29-31)34-10-8-19-4-6-21-22(30-19)3-2-9-26-21/h4-7,11,13-15,24,26H,2-3,8-10,12H2,1H3,(H,32,33)/t24-/m0/s1. The van der Waals surface area contributed by atoms with Crippen molar-refractivity contribution >= 4 is 22.6 Å². The molecule has 1 aliphatic rings. The van der Waals surface area contributed by atoms with Gasteiger partial charge in [0, 0.05) is 42.0 Å². The predicted octanol–water partition coefficient (Wildman–Crippen LogP) is 3.57. The molecule has 3 aromatic heterocycles. The number of aliphatic carboxylic acids is 1. The number of carboxylic acids is 1. The van der Waals surface area contributed by atoms with E-state index in [-0.39, 0.29) is 6.42 Å². The summed E-state index contributed by atoms with van der Waals surface area (Å²) in [7, 11) is 0. The molecule has 1 aliphatic heterocycles. The number of carboxylic acid groups (broad SMARTS) is 1. The van der Waals surface area contributed by atoms with Crippen molar-refractivity contribution in [3.05, 3.63) is 71.7 Å². The second kappa shape index (κ2) is 9.46. The molecule has 0 amide bonds. The van der Waals surface area contributed by atoms with Gasteiger partial charge in [-0.2, -0.15) is 5.10 Å². The molecule has 0 saturated heterocycles. The van der Waals surface area contributed by atoms with Crippen molar-refractivity contribution in [1.29, 1.82) is 0 Å². The van der Waals surface area contributed by atoms with Crippen molar-refractivity contribution in [3.8, 4) is 5.75 Å². The van der Waals surface area contributed by atoms with Crippen molar-refractivity contribution in [2.75, 3.05) is 18.5 Å². The highest BCUT2D eigenvalue weighted by Gasteiger charge is 2.21. The Hall–Kier alpha value is -4.01. The molecule has 0 spiro atoms. The van der Waals surface area contributed by atoms with E-state index in [9.17, 15) is 9.90 Å². The maximum absolute atomic E-state index is 11.5. The first kappa shape index (κ1) is 21.8. The van der Waals surface area contributed by atoms with Crippen LogP contribution in [0.3, 0.4) is 0 Å². The van der Waals surface area contributed by atoms with Gasteiger partial charge >= 0.3 is 5.97 Å². The van der Waals surface area contributed by atoms with Gasteiger partial charge in [0.05, 0.1) is 42.2 Å². The molecule has 5 rings (SSSR count).